The molecule has 5 N–H and O–H groups in total. The highest BCUT2D eigenvalue weighted by atomic mass is 31.2. The maximum atomic E-state index is 12.7. The summed E-state index contributed by atoms with van der Waals surface area (Å²) >= 11 is 0. The van der Waals surface area contributed by atoms with Gasteiger partial charge in [-0.25, -0.2) is 4.57 Å². The summed E-state index contributed by atoms with van der Waals surface area (Å²) in [6, 6.07) is -0.892. The Balaban J connectivity index is 4.29. The normalized spacial score (nSPS) is 15.0. The highest BCUT2D eigenvalue weighted by Crippen LogP contribution is 2.43. The third-order valence-corrected chi connectivity index (χ3v) is 9.67. The molecule has 0 fully saturated rings. The van der Waals surface area contributed by atoms with Gasteiger partial charge in [-0.15, -0.1) is 0 Å². The number of rotatable bonds is 38. The van der Waals surface area contributed by atoms with E-state index in [1.54, 1.807) is 6.08 Å². The van der Waals surface area contributed by atoms with Gasteiger partial charge in [-0.3, -0.25) is 13.8 Å². The SMILES string of the molecule is CC/C=C\C/C=C\C/C=C\C/C=C\CCCCCCCCCCC(=O)NC(COP(=O)(O)OCCN)C(O)/C=C/CC/C=C/CC/C=C/CCCCCC. The lowest BCUT2D eigenvalue weighted by Crippen LogP contribution is -2.45. The first-order valence-corrected chi connectivity index (χ1v) is 22.7. The van der Waals surface area contributed by atoms with Crippen molar-refractivity contribution in [1.82, 2.24) is 5.32 Å². The average Bonchev–Trinajstić information content (AvgIpc) is 3.16. The molecule has 0 aliphatic carbocycles. The van der Waals surface area contributed by atoms with Gasteiger partial charge in [0.05, 0.1) is 25.4 Å². The summed E-state index contributed by atoms with van der Waals surface area (Å²) < 4.78 is 22.1. The number of allylic oxidation sites excluding steroid dienone is 13. The van der Waals surface area contributed by atoms with Crippen molar-refractivity contribution < 1.29 is 28.4 Å². The van der Waals surface area contributed by atoms with E-state index in [1.807, 2.05) is 6.08 Å². The smallest absolute Gasteiger partial charge is 0.387 e. The van der Waals surface area contributed by atoms with Gasteiger partial charge in [0.25, 0.3) is 0 Å². The van der Waals surface area contributed by atoms with Crippen LogP contribution in [-0.2, 0) is 18.4 Å². The van der Waals surface area contributed by atoms with Crippen molar-refractivity contribution in [3.05, 3.63) is 85.1 Å². The Labute approximate surface area is 330 Å². The molecular formula is C45H79N2O6P. The molecular weight excluding hydrogens is 695 g/mol. The first-order chi connectivity index (χ1) is 26.4. The number of hydrogen-bond acceptors (Lipinski definition) is 6. The Morgan fingerprint density at radius 2 is 1.09 bits per heavy atom. The fourth-order valence-corrected chi connectivity index (χ4v) is 6.27. The number of nitrogens with two attached hydrogens (primary N) is 1. The molecule has 0 aliphatic rings. The summed E-state index contributed by atoms with van der Waals surface area (Å²) in [6.07, 6.45) is 53.4. The molecule has 0 bridgehead atoms. The molecule has 3 unspecified atom stereocenters. The highest BCUT2D eigenvalue weighted by molar-refractivity contribution is 7.47. The number of unbranched alkanes of at least 4 members (excludes halogenated alkanes) is 14. The number of carbonyl (C=O) groups is 1. The van der Waals surface area contributed by atoms with Crippen LogP contribution in [0.4, 0.5) is 0 Å². The van der Waals surface area contributed by atoms with Gasteiger partial charge in [-0.05, 0) is 83.5 Å². The van der Waals surface area contributed by atoms with E-state index >= 15 is 0 Å². The van der Waals surface area contributed by atoms with Gasteiger partial charge < -0.3 is 21.1 Å². The summed E-state index contributed by atoms with van der Waals surface area (Å²) in [6.45, 7) is 3.94. The molecule has 0 rings (SSSR count). The van der Waals surface area contributed by atoms with Crippen molar-refractivity contribution in [3.8, 4) is 0 Å². The predicted octanol–water partition coefficient (Wildman–Crippen LogP) is 11.8. The van der Waals surface area contributed by atoms with Crippen LogP contribution in [0.3, 0.4) is 0 Å². The maximum absolute atomic E-state index is 12.7. The second kappa shape index (κ2) is 40.3. The number of aliphatic hydroxyl groups is 1. The van der Waals surface area contributed by atoms with Crippen LogP contribution in [-0.4, -0.2) is 47.8 Å². The van der Waals surface area contributed by atoms with Gasteiger partial charge in [0.15, 0.2) is 0 Å². The summed E-state index contributed by atoms with van der Waals surface area (Å²) in [7, 11) is -4.36. The number of carbonyl (C=O) groups excluding carboxylic acids is 1. The summed E-state index contributed by atoms with van der Waals surface area (Å²) in [5, 5.41) is 13.6. The van der Waals surface area contributed by atoms with Crippen molar-refractivity contribution in [2.24, 2.45) is 5.73 Å². The number of phosphoric acid groups is 1. The molecule has 0 heterocycles. The van der Waals surface area contributed by atoms with Gasteiger partial charge in [0, 0.05) is 13.0 Å². The molecule has 0 aliphatic heterocycles. The van der Waals surface area contributed by atoms with Crippen LogP contribution in [0.15, 0.2) is 85.1 Å². The molecule has 8 nitrogen and oxygen atoms in total. The summed E-state index contributed by atoms with van der Waals surface area (Å²) in [4.78, 5) is 22.7. The number of amides is 1. The van der Waals surface area contributed by atoms with Crippen molar-refractivity contribution in [2.75, 3.05) is 19.8 Å². The highest BCUT2D eigenvalue weighted by Gasteiger charge is 2.26. The number of aliphatic hydroxyl groups excluding tert-OH is 1. The van der Waals surface area contributed by atoms with E-state index in [0.29, 0.717) is 6.42 Å². The fraction of sp³-hybridized carbons (Fsp3) is 0.667. The van der Waals surface area contributed by atoms with Gasteiger partial charge in [0.1, 0.15) is 0 Å². The molecule has 0 spiro atoms. The Hall–Kier alpha value is -2.32. The Morgan fingerprint density at radius 1 is 0.630 bits per heavy atom. The van der Waals surface area contributed by atoms with Gasteiger partial charge in [-0.1, -0.05) is 157 Å². The fourth-order valence-electron chi connectivity index (χ4n) is 5.51. The Bertz CT molecular complexity index is 1110. The standard InChI is InChI=1S/C45H79N2O6P/c1-3-5-7-9-11-13-15-17-19-20-21-22-23-24-25-27-29-31-33-35-37-39-45(49)47-43(42-53-54(50,51)52-41-40-46)44(48)38-36-34-32-30-28-26-18-16-14-12-10-8-6-4-2/h5,7,11,13-14,16-17,19,21-22,28,30,36,38,43-44,48H,3-4,6,8-10,12,15,18,20,23-27,29,31-35,37,39-42,46H2,1-2H3,(H,47,49)(H,50,51)/b7-5-,13-11-,16-14+,19-17-,22-21-,30-28+,38-36+. The number of hydrogen-bond donors (Lipinski definition) is 4. The van der Waals surface area contributed by atoms with E-state index in [9.17, 15) is 19.4 Å². The molecule has 0 aromatic heterocycles. The zero-order valence-electron chi connectivity index (χ0n) is 34.2. The molecule has 9 heteroatoms. The second-order valence-electron chi connectivity index (χ2n) is 13.8. The van der Waals surface area contributed by atoms with Crippen LogP contribution in [0, 0.1) is 0 Å². The molecule has 0 aromatic rings. The first-order valence-electron chi connectivity index (χ1n) is 21.2. The van der Waals surface area contributed by atoms with E-state index in [-0.39, 0.29) is 25.7 Å². The zero-order chi connectivity index (χ0) is 39.6. The molecule has 54 heavy (non-hydrogen) atoms. The van der Waals surface area contributed by atoms with Crippen LogP contribution in [0.5, 0.6) is 0 Å². The third-order valence-electron chi connectivity index (χ3n) is 8.68. The quantitative estimate of drug-likeness (QED) is 0.0279. The van der Waals surface area contributed by atoms with E-state index in [2.05, 4.69) is 92.1 Å². The average molecular weight is 775 g/mol. The van der Waals surface area contributed by atoms with Crippen LogP contribution in [0.1, 0.15) is 162 Å². The van der Waals surface area contributed by atoms with Crippen molar-refractivity contribution >= 4 is 13.7 Å². The van der Waals surface area contributed by atoms with E-state index in [4.69, 9.17) is 14.8 Å². The van der Waals surface area contributed by atoms with E-state index in [1.165, 1.54) is 51.4 Å². The molecule has 0 aromatic carbocycles. The molecule has 3 atom stereocenters. The van der Waals surface area contributed by atoms with Crippen molar-refractivity contribution in [3.63, 3.8) is 0 Å². The molecule has 0 saturated heterocycles. The number of phosphoric ester groups is 1. The topological polar surface area (TPSA) is 131 Å². The van der Waals surface area contributed by atoms with Gasteiger partial charge in [-0.2, -0.15) is 0 Å². The zero-order valence-corrected chi connectivity index (χ0v) is 35.1. The minimum atomic E-state index is -4.36. The Kier molecular flexibility index (Phi) is 38.6. The third kappa shape index (κ3) is 38.0. The first kappa shape index (κ1) is 51.7. The molecule has 310 valence electrons. The summed E-state index contributed by atoms with van der Waals surface area (Å²) in [5.74, 6) is -0.222. The minimum absolute atomic E-state index is 0.0659. The van der Waals surface area contributed by atoms with Crippen LogP contribution in [0.25, 0.3) is 0 Å². The van der Waals surface area contributed by atoms with Gasteiger partial charge >= 0.3 is 7.82 Å². The molecule has 1 amide bonds. The second-order valence-corrected chi connectivity index (χ2v) is 15.2. The van der Waals surface area contributed by atoms with Crippen molar-refractivity contribution in [2.45, 2.75) is 174 Å². The lowest BCUT2D eigenvalue weighted by molar-refractivity contribution is -0.123. The molecule has 0 saturated carbocycles. The molecule has 0 radical (unpaired) electrons. The van der Waals surface area contributed by atoms with Gasteiger partial charge in [0.2, 0.25) is 5.91 Å². The largest absolute Gasteiger partial charge is 0.472 e. The predicted molar refractivity (Wildman–Crippen MR) is 230 cm³/mol. The van der Waals surface area contributed by atoms with Crippen LogP contribution < -0.4 is 11.1 Å². The number of nitrogens with one attached hydrogen (secondary N) is 1. The lowest BCUT2D eigenvalue weighted by Gasteiger charge is -2.23. The van der Waals surface area contributed by atoms with Crippen LogP contribution >= 0.6 is 7.82 Å². The van der Waals surface area contributed by atoms with E-state index in [0.717, 1.165) is 89.9 Å². The Morgan fingerprint density at radius 3 is 1.65 bits per heavy atom. The van der Waals surface area contributed by atoms with E-state index < -0.39 is 20.0 Å². The maximum Gasteiger partial charge on any atom is 0.472 e. The monoisotopic (exact) mass is 775 g/mol. The lowest BCUT2D eigenvalue weighted by atomic mass is 10.1. The summed E-state index contributed by atoms with van der Waals surface area (Å²) in [5.41, 5.74) is 5.36. The van der Waals surface area contributed by atoms with Crippen molar-refractivity contribution in [1.29, 1.82) is 0 Å². The minimum Gasteiger partial charge on any atom is -0.387 e. The van der Waals surface area contributed by atoms with Crippen LogP contribution in [0.2, 0.25) is 0 Å².